The van der Waals surface area contributed by atoms with Crippen LogP contribution in [0.25, 0.3) is 0 Å². The Morgan fingerprint density at radius 2 is 2.25 bits per heavy atom. The van der Waals surface area contributed by atoms with Crippen molar-refractivity contribution in [2.75, 3.05) is 6.61 Å². The molecular weight excluding hydrogens is 252 g/mol. The summed E-state index contributed by atoms with van der Waals surface area (Å²) >= 11 is 0. The Labute approximate surface area is 121 Å². The highest BCUT2D eigenvalue weighted by atomic mass is 16.5. The van der Waals surface area contributed by atoms with Gasteiger partial charge >= 0.3 is 0 Å². The number of ether oxygens (including phenoxy) is 1. The topological polar surface area (TPSA) is 52.0 Å². The lowest BCUT2D eigenvalue weighted by atomic mass is 9.60. The maximum Gasteiger partial charge on any atom is 0.137 e. The number of nitrogens with one attached hydrogen (secondary N) is 1. The van der Waals surface area contributed by atoms with Gasteiger partial charge in [0.2, 0.25) is 0 Å². The number of nitrogens with zero attached hydrogens (tertiary/aromatic N) is 3. The molecule has 0 saturated heterocycles. The molecule has 5 nitrogen and oxygen atoms in total. The first kappa shape index (κ1) is 14.0. The van der Waals surface area contributed by atoms with Crippen LogP contribution in [0.5, 0.6) is 0 Å². The Morgan fingerprint density at radius 3 is 2.90 bits per heavy atom. The SMILES string of the molecule is CCOC1CC(NC(C)Cn2cncn2)C12CCCC2. The van der Waals surface area contributed by atoms with Gasteiger partial charge in [-0.1, -0.05) is 12.8 Å². The Balaban J connectivity index is 1.57. The predicted molar refractivity (Wildman–Crippen MR) is 77.3 cm³/mol. The van der Waals surface area contributed by atoms with Crippen molar-refractivity contribution in [2.24, 2.45) is 5.41 Å². The van der Waals surface area contributed by atoms with Crippen LogP contribution in [0, 0.1) is 5.41 Å². The lowest BCUT2D eigenvalue weighted by Gasteiger charge is -2.55. The van der Waals surface area contributed by atoms with Crippen molar-refractivity contribution in [1.29, 1.82) is 0 Å². The maximum atomic E-state index is 5.97. The van der Waals surface area contributed by atoms with Crippen molar-refractivity contribution in [1.82, 2.24) is 20.1 Å². The van der Waals surface area contributed by atoms with Crippen LogP contribution in [0.4, 0.5) is 0 Å². The summed E-state index contributed by atoms with van der Waals surface area (Å²) in [7, 11) is 0. The van der Waals surface area contributed by atoms with Crippen molar-refractivity contribution in [3.05, 3.63) is 12.7 Å². The van der Waals surface area contributed by atoms with E-state index in [1.165, 1.54) is 25.7 Å². The fourth-order valence-electron chi connectivity index (χ4n) is 4.12. The van der Waals surface area contributed by atoms with Crippen LogP contribution in [-0.4, -0.2) is 39.6 Å². The molecule has 3 unspecified atom stereocenters. The minimum Gasteiger partial charge on any atom is -0.378 e. The van der Waals surface area contributed by atoms with Crippen molar-refractivity contribution >= 4 is 0 Å². The van der Waals surface area contributed by atoms with Crippen LogP contribution in [-0.2, 0) is 11.3 Å². The summed E-state index contributed by atoms with van der Waals surface area (Å²) < 4.78 is 7.87. The van der Waals surface area contributed by atoms with Crippen molar-refractivity contribution < 1.29 is 4.74 Å². The normalized spacial score (nSPS) is 29.5. The Morgan fingerprint density at radius 1 is 1.45 bits per heavy atom. The quantitative estimate of drug-likeness (QED) is 0.864. The lowest BCUT2D eigenvalue weighted by molar-refractivity contribution is -0.132. The third-order valence-electron chi connectivity index (χ3n) is 5.10. The molecule has 1 spiro atoms. The molecular formula is C15H26N4O. The highest BCUT2D eigenvalue weighted by Crippen LogP contribution is 2.54. The van der Waals surface area contributed by atoms with Crippen LogP contribution in [0.15, 0.2) is 12.7 Å². The van der Waals surface area contributed by atoms with E-state index in [1.54, 1.807) is 12.7 Å². The van der Waals surface area contributed by atoms with Gasteiger partial charge in [0.05, 0.1) is 12.6 Å². The molecule has 1 aromatic heterocycles. The van der Waals surface area contributed by atoms with Gasteiger partial charge in [0.25, 0.3) is 0 Å². The first-order valence-electron chi connectivity index (χ1n) is 7.94. The van der Waals surface area contributed by atoms with Gasteiger partial charge in [0.1, 0.15) is 12.7 Å². The van der Waals surface area contributed by atoms with Crippen LogP contribution in [0.2, 0.25) is 0 Å². The minimum absolute atomic E-state index is 0.409. The Kier molecular flexibility index (Phi) is 4.08. The highest BCUT2D eigenvalue weighted by molar-refractivity contribution is 5.10. The molecule has 0 radical (unpaired) electrons. The van der Waals surface area contributed by atoms with Crippen LogP contribution in [0.1, 0.15) is 46.0 Å². The summed E-state index contributed by atoms with van der Waals surface area (Å²) in [5.41, 5.74) is 0.409. The molecule has 1 aromatic rings. The molecule has 2 fully saturated rings. The van der Waals surface area contributed by atoms with Crippen LogP contribution < -0.4 is 5.32 Å². The second-order valence-corrected chi connectivity index (χ2v) is 6.36. The third kappa shape index (κ3) is 2.49. The molecule has 2 saturated carbocycles. The van der Waals surface area contributed by atoms with Crippen molar-refractivity contribution in [2.45, 2.75) is 70.7 Å². The average molecular weight is 278 g/mol. The van der Waals surface area contributed by atoms with E-state index in [0.29, 0.717) is 23.6 Å². The van der Waals surface area contributed by atoms with Gasteiger partial charge in [0.15, 0.2) is 0 Å². The summed E-state index contributed by atoms with van der Waals surface area (Å²) in [5.74, 6) is 0. The number of aromatic nitrogens is 3. The molecule has 0 amide bonds. The summed E-state index contributed by atoms with van der Waals surface area (Å²) in [5, 5.41) is 7.99. The molecule has 20 heavy (non-hydrogen) atoms. The smallest absolute Gasteiger partial charge is 0.137 e. The van der Waals surface area contributed by atoms with E-state index in [2.05, 4.69) is 29.2 Å². The Bertz CT molecular complexity index is 414. The van der Waals surface area contributed by atoms with Crippen molar-refractivity contribution in [3.8, 4) is 0 Å². The third-order valence-corrected chi connectivity index (χ3v) is 5.10. The van der Waals surface area contributed by atoms with E-state index in [4.69, 9.17) is 4.74 Å². The van der Waals surface area contributed by atoms with Crippen LogP contribution in [0.3, 0.4) is 0 Å². The van der Waals surface area contributed by atoms with Gasteiger partial charge in [0, 0.05) is 24.1 Å². The summed E-state index contributed by atoms with van der Waals surface area (Å²) in [4.78, 5) is 4.00. The lowest BCUT2D eigenvalue weighted by Crippen LogP contribution is -2.64. The standard InChI is InChI=1S/C15H26N4O/c1-3-20-14-8-13(15(14)6-4-5-7-15)18-12(2)9-19-11-16-10-17-19/h10-14,18H,3-9H2,1-2H3. The molecule has 0 aromatic carbocycles. The van der Waals surface area contributed by atoms with E-state index >= 15 is 0 Å². The molecule has 3 atom stereocenters. The first-order valence-corrected chi connectivity index (χ1v) is 7.94. The highest BCUT2D eigenvalue weighted by Gasteiger charge is 2.56. The first-order chi connectivity index (χ1) is 9.74. The zero-order chi connectivity index (χ0) is 14.0. The molecule has 3 rings (SSSR count). The number of rotatable bonds is 6. The summed E-state index contributed by atoms with van der Waals surface area (Å²) in [6, 6.07) is 1.03. The van der Waals surface area contributed by atoms with E-state index < -0.39 is 0 Å². The predicted octanol–water partition coefficient (Wildman–Crippen LogP) is 1.99. The van der Waals surface area contributed by atoms with E-state index in [0.717, 1.165) is 19.6 Å². The second kappa shape index (κ2) is 5.82. The molecule has 2 aliphatic carbocycles. The van der Waals surface area contributed by atoms with Crippen LogP contribution >= 0.6 is 0 Å². The average Bonchev–Trinajstić information content (AvgIpc) is 3.09. The monoisotopic (exact) mass is 278 g/mol. The van der Waals surface area contributed by atoms with Crippen molar-refractivity contribution in [3.63, 3.8) is 0 Å². The second-order valence-electron chi connectivity index (χ2n) is 6.36. The molecule has 1 N–H and O–H groups in total. The summed E-state index contributed by atoms with van der Waals surface area (Å²) in [6.45, 7) is 6.06. The molecule has 2 aliphatic rings. The Hall–Kier alpha value is -0.940. The van der Waals surface area contributed by atoms with E-state index in [9.17, 15) is 0 Å². The summed E-state index contributed by atoms with van der Waals surface area (Å²) in [6.07, 6.45) is 10.4. The van der Waals surface area contributed by atoms with E-state index in [1.807, 2.05) is 4.68 Å². The number of hydrogen-bond donors (Lipinski definition) is 1. The van der Waals surface area contributed by atoms with Gasteiger partial charge in [-0.3, -0.25) is 4.68 Å². The largest absolute Gasteiger partial charge is 0.378 e. The zero-order valence-electron chi connectivity index (χ0n) is 12.6. The molecule has 112 valence electrons. The molecule has 1 heterocycles. The van der Waals surface area contributed by atoms with Gasteiger partial charge in [-0.05, 0) is 33.1 Å². The maximum absolute atomic E-state index is 5.97. The molecule has 0 aliphatic heterocycles. The fourth-order valence-corrected chi connectivity index (χ4v) is 4.12. The zero-order valence-corrected chi connectivity index (χ0v) is 12.6. The fraction of sp³-hybridized carbons (Fsp3) is 0.867. The van der Waals surface area contributed by atoms with Gasteiger partial charge in [-0.15, -0.1) is 0 Å². The van der Waals surface area contributed by atoms with Gasteiger partial charge in [-0.25, -0.2) is 4.98 Å². The van der Waals surface area contributed by atoms with Gasteiger partial charge in [-0.2, -0.15) is 5.10 Å². The minimum atomic E-state index is 0.409. The molecule has 0 bridgehead atoms. The van der Waals surface area contributed by atoms with Gasteiger partial charge < -0.3 is 10.1 Å². The molecule has 5 heteroatoms. The number of hydrogen-bond acceptors (Lipinski definition) is 4. The van der Waals surface area contributed by atoms with E-state index in [-0.39, 0.29) is 0 Å².